The Morgan fingerprint density at radius 3 is 2.70 bits per heavy atom. The van der Waals surface area contributed by atoms with E-state index in [-0.39, 0.29) is 11.4 Å². The van der Waals surface area contributed by atoms with Gasteiger partial charge < -0.3 is 19.0 Å². The van der Waals surface area contributed by atoms with Crippen LogP contribution in [0.5, 0.6) is 11.5 Å². The number of aliphatic carboxylic acids is 1. The van der Waals surface area contributed by atoms with E-state index in [1.54, 1.807) is 30.3 Å². The lowest BCUT2D eigenvalue weighted by molar-refractivity contribution is -0.139. The maximum Gasteiger partial charge on any atom is 0.341 e. The number of carboxylic acid groups (broad SMARTS) is 1. The van der Waals surface area contributed by atoms with Gasteiger partial charge in [-0.2, -0.15) is 9.78 Å². The van der Waals surface area contributed by atoms with Gasteiger partial charge in [-0.25, -0.2) is 9.78 Å². The van der Waals surface area contributed by atoms with E-state index < -0.39 is 12.6 Å². The van der Waals surface area contributed by atoms with Crippen molar-refractivity contribution in [2.45, 2.75) is 6.92 Å². The maximum absolute atomic E-state index is 13.5. The number of carboxylic acids is 1. The lowest BCUT2D eigenvalue weighted by atomic mass is 10.2. The smallest absolute Gasteiger partial charge is 0.341 e. The normalized spacial score (nSPS) is 11.4. The molecule has 5 rings (SSSR count). The largest absolute Gasteiger partial charge is 0.490 e. The van der Waals surface area contributed by atoms with Gasteiger partial charge in [0.05, 0.1) is 27.3 Å². The third-order valence-electron chi connectivity index (χ3n) is 5.39. The first-order valence-corrected chi connectivity index (χ1v) is 12.4. The number of nitrogens with zero attached hydrogens (tertiary/aromatic N) is 3. The molecule has 10 heteroatoms. The van der Waals surface area contributed by atoms with Crippen LogP contribution >= 0.6 is 22.6 Å². The van der Waals surface area contributed by atoms with Crippen molar-refractivity contribution >= 4 is 56.6 Å². The summed E-state index contributed by atoms with van der Waals surface area (Å²) in [5.41, 5.74) is 1.47. The van der Waals surface area contributed by atoms with Crippen molar-refractivity contribution in [3.63, 3.8) is 0 Å². The van der Waals surface area contributed by atoms with Gasteiger partial charge in [-0.15, -0.1) is 0 Å². The molecule has 0 bridgehead atoms. The third kappa shape index (κ3) is 5.05. The van der Waals surface area contributed by atoms with Crippen LogP contribution in [0.4, 0.5) is 0 Å². The van der Waals surface area contributed by atoms with Gasteiger partial charge in [0.25, 0.3) is 5.56 Å². The zero-order chi connectivity index (χ0) is 25.9. The minimum atomic E-state index is -1.09. The van der Waals surface area contributed by atoms with E-state index in [4.69, 9.17) is 19.0 Å². The number of furan rings is 1. The molecule has 0 amide bonds. The van der Waals surface area contributed by atoms with Crippen molar-refractivity contribution in [3.8, 4) is 23.1 Å². The SMILES string of the molecule is CCOc1cc(C=Nn2c(-c3cc4ccccc4o3)nc3ccccc3c2=O)cc(I)c1OCC(=O)O. The maximum atomic E-state index is 13.5. The highest BCUT2D eigenvalue weighted by atomic mass is 127. The van der Waals surface area contributed by atoms with E-state index in [0.717, 1.165) is 5.39 Å². The summed E-state index contributed by atoms with van der Waals surface area (Å²) in [6.45, 7) is 1.67. The Morgan fingerprint density at radius 1 is 1.14 bits per heavy atom. The lowest BCUT2D eigenvalue weighted by Gasteiger charge is -2.13. The first kappa shape index (κ1) is 24.5. The van der Waals surface area contributed by atoms with Crippen LogP contribution in [0.2, 0.25) is 0 Å². The number of hydrogen-bond acceptors (Lipinski definition) is 7. The number of ether oxygens (including phenoxy) is 2. The van der Waals surface area contributed by atoms with E-state index in [9.17, 15) is 9.59 Å². The Balaban J connectivity index is 1.63. The van der Waals surface area contributed by atoms with Crippen LogP contribution in [0.25, 0.3) is 33.5 Å². The summed E-state index contributed by atoms with van der Waals surface area (Å²) < 4.78 is 18.9. The zero-order valence-corrected chi connectivity index (χ0v) is 21.7. The number of rotatable bonds is 8. The number of fused-ring (bicyclic) bond motifs is 2. The van der Waals surface area contributed by atoms with Gasteiger partial charge in [-0.3, -0.25) is 4.79 Å². The molecule has 0 saturated carbocycles. The summed E-state index contributed by atoms with van der Waals surface area (Å²) in [5, 5.41) is 14.8. The molecule has 0 saturated heterocycles. The Morgan fingerprint density at radius 2 is 1.92 bits per heavy atom. The molecule has 3 aromatic carbocycles. The minimum absolute atomic E-state index is 0.261. The van der Waals surface area contributed by atoms with Crippen LogP contribution < -0.4 is 15.0 Å². The molecule has 0 unspecified atom stereocenters. The second-order valence-corrected chi connectivity index (χ2v) is 9.07. The number of carbonyl (C=O) groups is 1. The Kier molecular flexibility index (Phi) is 6.91. The molecule has 0 atom stereocenters. The highest BCUT2D eigenvalue weighted by Crippen LogP contribution is 2.34. The third-order valence-corrected chi connectivity index (χ3v) is 6.19. The summed E-state index contributed by atoms with van der Waals surface area (Å²) >= 11 is 2.04. The van der Waals surface area contributed by atoms with Crippen molar-refractivity contribution < 1.29 is 23.8 Å². The quantitative estimate of drug-likeness (QED) is 0.191. The van der Waals surface area contributed by atoms with Gasteiger partial charge in [0.2, 0.25) is 5.82 Å². The average molecular weight is 609 g/mol. The van der Waals surface area contributed by atoms with Gasteiger partial charge in [-0.05, 0) is 71.5 Å². The molecular formula is C27H20IN3O6. The van der Waals surface area contributed by atoms with Crippen LogP contribution in [0, 0.1) is 3.57 Å². The molecular weight excluding hydrogens is 589 g/mol. The lowest BCUT2D eigenvalue weighted by Crippen LogP contribution is -2.20. The van der Waals surface area contributed by atoms with E-state index >= 15 is 0 Å². The van der Waals surface area contributed by atoms with E-state index in [1.807, 2.05) is 65.9 Å². The number of benzene rings is 3. The highest BCUT2D eigenvalue weighted by Gasteiger charge is 2.17. The second kappa shape index (κ2) is 10.4. The predicted molar refractivity (Wildman–Crippen MR) is 148 cm³/mol. The van der Waals surface area contributed by atoms with Crippen molar-refractivity contribution in [1.29, 1.82) is 0 Å². The molecule has 186 valence electrons. The van der Waals surface area contributed by atoms with Crippen LogP contribution in [-0.2, 0) is 4.79 Å². The van der Waals surface area contributed by atoms with E-state index in [2.05, 4.69) is 10.1 Å². The van der Waals surface area contributed by atoms with Gasteiger partial charge in [0.1, 0.15) is 5.58 Å². The number of para-hydroxylation sites is 2. The van der Waals surface area contributed by atoms with Crippen molar-refractivity contribution in [1.82, 2.24) is 9.66 Å². The fourth-order valence-electron chi connectivity index (χ4n) is 3.81. The Hall–Kier alpha value is -4.19. The van der Waals surface area contributed by atoms with Crippen LogP contribution in [-0.4, -0.2) is 40.2 Å². The molecule has 5 aromatic rings. The second-order valence-electron chi connectivity index (χ2n) is 7.91. The standard InChI is InChI=1S/C27H20IN3O6/c1-2-35-22-12-16(11-19(28)25(22)36-15-24(32)33)14-29-31-26(23-13-17-7-3-6-10-21(17)37-23)30-20-9-5-4-8-18(20)27(31)34/h3-14H,2,15H2,1H3,(H,32,33). The molecule has 0 aliphatic carbocycles. The van der Waals surface area contributed by atoms with Crippen molar-refractivity contribution in [3.05, 3.63) is 86.2 Å². The van der Waals surface area contributed by atoms with Gasteiger partial charge in [0, 0.05) is 5.39 Å². The number of halogens is 1. The van der Waals surface area contributed by atoms with Crippen LogP contribution in [0.3, 0.4) is 0 Å². The fraction of sp³-hybridized carbons (Fsp3) is 0.111. The molecule has 0 radical (unpaired) electrons. The van der Waals surface area contributed by atoms with E-state index in [0.29, 0.717) is 49.5 Å². The first-order chi connectivity index (χ1) is 17.9. The monoisotopic (exact) mass is 609 g/mol. The molecule has 9 nitrogen and oxygen atoms in total. The summed E-state index contributed by atoms with van der Waals surface area (Å²) in [5.74, 6) is 0.277. The number of hydrogen-bond donors (Lipinski definition) is 1. The van der Waals surface area contributed by atoms with Gasteiger partial charge in [-0.1, -0.05) is 30.3 Å². The minimum Gasteiger partial charge on any atom is -0.490 e. The first-order valence-electron chi connectivity index (χ1n) is 11.3. The molecule has 0 spiro atoms. The predicted octanol–water partition coefficient (Wildman–Crippen LogP) is 5.16. The highest BCUT2D eigenvalue weighted by molar-refractivity contribution is 14.1. The summed E-state index contributed by atoms with van der Waals surface area (Å²) in [6.07, 6.45) is 1.51. The molecule has 2 heterocycles. The topological polar surface area (TPSA) is 116 Å². The Labute approximate surface area is 224 Å². The Bertz CT molecular complexity index is 1690. The van der Waals surface area contributed by atoms with Crippen molar-refractivity contribution in [2.24, 2.45) is 5.10 Å². The fourth-order valence-corrected chi connectivity index (χ4v) is 4.59. The van der Waals surface area contributed by atoms with Gasteiger partial charge >= 0.3 is 5.97 Å². The molecule has 0 aliphatic rings. The van der Waals surface area contributed by atoms with Crippen LogP contribution in [0.1, 0.15) is 12.5 Å². The van der Waals surface area contributed by atoms with Gasteiger partial charge in [0.15, 0.2) is 23.9 Å². The van der Waals surface area contributed by atoms with Crippen molar-refractivity contribution in [2.75, 3.05) is 13.2 Å². The van der Waals surface area contributed by atoms with Crippen LogP contribution in [0.15, 0.2) is 81.0 Å². The number of aromatic nitrogens is 2. The van der Waals surface area contributed by atoms with E-state index in [1.165, 1.54) is 10.9 Å². The summed E-state index contributed by atoms with van der Waals surface area (Å²) in [6, 6.07) is 19.8. The zero-order valence-electron chi connectivity index (χ0n) is 19.6. The molecule has 1 N–H and O–H groups in total. The molecule has 37 heavy (non-hydrogen) atoms. The molecule has 2 aromatic heterocycles. The molecule has 0 aliphatic heterocycles. The summed E-state index contributed by atoms with van der Waals surface area (Å²) in [7, 11) is 0. The summed E-state index contributed by atoms with van der Waals surface area (Å²) in [4.78, 5) is 29.1. The average Bonchev–Trinajstić information content (AvgIpc) is 3.32. The molecule has 0 fully saturated rings.